The van der Waals surface area contributed by atoms with E-state index in [0.29, 0.717) is 25.7 Å². The maximum absolute atomic E-state index is 13.0. The molecule has 0 bridgehead atoms. The van der Waals surface area contributed by atoms with Gasteiger partial charge in [0.05, 0.1) is 26.4 Å². The number of unbranched alkanes of at least 4 members (excludes halogenated alkanes) is 32. The zero-order chi connectivity index (χ0) is 65.2. The summed E-state index contributed by atoms with van der Waals surface area (Å²) < 4.78 is 68.2. The number of carbonyl (C=O) groups excluding carboxylic acids is 4. The van der Waals surface area contributed by atoms with E-state index in [4.69, 9.17) is 37.0 Å². The van der Waals surface area contributed by atoms with E-state index in [9.17, 15) is 43.2 Å². The standard InChI is InChI=1S/C69H134O17P2/c1-8-12-13-14-15-28-36-43-50-66(71)79-57-65(86-69(74)53-46-39-32-31-35-42-49-62(7)11-4)59-84-88(77,78)82-55-63(70)54-81-87(75,76)83-58-64(56-80-67(72)51-44-37-29-25-24-27-34-41-48-61(6)10-3)85-68(73)52-45-38-30-23-21-19-17-16-18-20-22-26-33-40-47-60(5)9-2/h60-65,70H,8-59H2,1-7H3,(H,75,76)(H,77,78)/t60?,61?,62?,63-,64-,65-/m1/s1. The lowest BCUT2D eigenvalue weighted by atomic mass is 9.99. The van der Waals surface area contributed by atoms with Crippen molar-refractivity contribution in [1.82, 2.24) is 0 Å². The van der Waals surface area contributed by atoms with Crippen molar-refractivity contribution in [1.29, 1.82) is 0 Å². The third-order valence-corrected chi connectivity index (χ3v) is 18.9. The van der Waals surface area contributed by atoms with Gasteiger partial charge in [-0.2, -0.15) is 0 Å². The molecular formula is C69H134O17P2. The average Bonchev–Trinajstić information content (AvgIpc) is 3.62. The first-order valence-electron chi connectivity index (χ1n) is 36.0. The highest BCUT2D eigenvalue weighted by atomic mass is 31.2. The molecule has 0 saturated heterocycles. The highest BCUT2D eigenvalue weighted by Crippen LogP contribution is 2.45. The smallest absolute Gasteiger partial charge is 0.462 e. The number of esters is 4. The van der Waals surface area contributed by atoms with Gasteiger partial charge in [0, 0.05) is 25.7 Å². The van der Waals surface area contributed by atoms with Gasteiger partial charge in [-0.1, -0.05) is 292 Å². The van der Waals surface area contributed by atoms with Gasteiger partial charge in [0.2, 0.25) is 0 Å². The van der Waals surface area contributed by atoms with Crippen LogP contribution < -0.4 is 0 Å². The van der Waals surface area contributed by atoms with Crippen molar-refractivity contribution in [3.05, 3.63) is 0 Å². The summed E-state index contributed by atoms with van der Waals surface area (Å²) in [5.41, 5.74) is 0. The Labute approximate surface area is 537 Å². The van der Waals surface area contributed by atoms with Crippen LogP contribution in [0.2, 0.25) is 0 Å². The third-order valence-electron chi connectivity index (χ3n) is 17.0. The fraction of sp³-hybridized carbons (Fsp3) is 0.942. The molecule has 19 heteroatoms. The van der Waals surface area contributed by atoms with E-state index in [2.05, 4.69) is 48.5 Å². The minimum Gasteiger partial charge on any atom is -0.462 e. The second-order valence-corrected chi connectivity index (χ2v) is 28.6. The summed E-state index contributed by atoms with van der Waals surface area (Å²) in [5, 5.41) is 10.6. The summed E-state index contributed by atoms with van der Waals surface area (Å²) in [7, 11) is -9.90. The quantitative estimate of drug-likeness (QED) is 0.0222. The molecule has 0 fully saturated rings. The average molecular weight is 1300 g/mol. The molecule has 522 valence electrons. The van der Waals surface area contributed by atoms with E-state index in [-0.39, 0.29) is 25.7 Å². The van der Waals surface area contributed by atoms with Crippen LogP contribution in [0.25, 0.3) is 0 Å². The van der Waals surface area contributed by atoms with Gasteiger partial charge in [-0.15, -0.1) is 0 Å². The molecular weight excluding hydrogens is 1160 g/mol. The van der Waals surface area contributed by atoms with E-state index in [1.165, 1.54) is 148 Å². The number of rotatable bonds is 67. The number of aliphatic hydroxyl groups is 1. The summed E-state index contributed by atoms with van der Waals surface area (Å²) in [4.78, 5) is 72.4. The molecule has 0 aromatic rings. The van der Waals surface area contributed by atoms with Crippen molar-refractivity contribution in [2.75, 3.05) is 39.6 Å². The molecule has 0 amide bonds. The maximum atomic E-state index is 13.0. The SMILES string of the molecule is CCCCCCCCCCC(=O)OC[C@H](COP(=O)(O)OC[C@H](O)COP(=O)(O)OC[C@@H](COC(=O)CCCCCCCCCCC(C)CC)OC(=O)CCCCCCCCCCCCCCCCC(C)CC)OC(=O)CCCCCCCCC(C)CC. The number of hydrogen-bond donors (Lipinski definition) is 3. The van der Waals surface area contributed by atoms with Gasteiger partial charge in [0.25, 0.3) is 0 Å². The largest absolute Gasteiger partial charge is 0.472 e. The minimum atomic E-state index is -4.95. The summed E-state index contributed by atoms with van der Waals surface area (Å²) in [6, 6.07) is 0. The summed E-state index contributed by atoms with van der Waals surface area (Å²) >= 11 is 0. The molecule has 3 N–H and O–H groups in total. The Morgan fingerprint density at radius 1 is 0.318 bits per heavy atom. The number of carbonyl (C=O) groups is 4. The molecule has 17 nitrogen and oxygen atoms in total. The first kappa shape index (κ1) is 86.1. The van der Waals surface area contributed by atoms with Crippen LogP contribution in [-0.4, -0.2) is 96.7 Å². The Bertz CT molecular complexity index is 1740. The number of ether oxygens (including phenoxy) is 4. The Kier molecular flexibility index (Phi) is 58.7. The minimum absolute atomic E-state index is 0.102. The molecule has 0 aliphatic carbocycles. The molecule has 88 heavy (non-hydrogen) atoms. The lowest BCUT2D eigenvalue weighted by Gasteiger charge is -2.21. The molecule has 0 radical (unpaired) electrons. The van der Waals surface area contributed by atoms with Crippen LogP contribution in [0.5, 0.6) is 0 Å². The van der Waals surface area contributed by atoms with Crippen molar-refractivity contribution in [2.45, 2.75) is 362 Å². The zero-order valence-electron chi connectivity index (χ0n) is 57.2. The lowest BCUT2D eigenvalue weighted by molar-refractivity contribution is -0.161. The van der Waals surface area contributed by atoms with Crippen molar-refractivity contribution in [2.24, 2.45) is 17.8 Å². The number of hydrogen-bond acceptors (Lipinski definition) is 15. The monoisotopic (exact) mass is 1300 g/mol. The van der Waals surface area contributed by atoms with E-state index in [0.717, 1.165) is 114 Å². The first-order valence-corrected chi connectivity index (χ1v) is 39.0. The molecule has 0 saturated carbocycles. The predicted molar refractivity (Wildman–Crippen MR) is 354 cm³/mol. The molecule has 0 aliphatic heterocycles. The van der Waals surface area contributed by atoms with Crippen LogP contribution in [0.15, 0.2) is 0 Å². The van der Waals surface area contributed by atoms with Gasteiger partial charge in [-0.3, -0.25) is 37.3 Å². The Morgan fingerprint density at radius 2 is 0.545 bits per heavy atom. The maximum Gasteiger partial charge on any atom is 0.472 e. The second-order valence-electron chi connectivity index (χ2n) is 25.6. The van der Waals surface area contributed by atoms with Crippen LogP contribution in [0.3, 0.4) is 0 Å². The first-order chi connectivity index (χ1) is 42.3. The molecule has 0 aromatic carbocycles. The van der Waals surface area contributed by atoms with Crippen molar-refractivity contribution in [3.8, 4) is 0 Å². The van der Waals surface area contributed by atoms with Crippen LogP contribution in [0.1, 0.15) is 344 Å². The van der Waals surface area contributed by atoms with Gasteiger partial charge < -0.3 is 33.8 Å². The Balaban J connectivity index is 5.22. The lowest BCUT2D eigenvalue weighted by Crippen LogP contribution is -2.30. The molecule has 0 heterocycles. The molecule has 0 rings (SSSR count). The number of aliphatic hydroxyl groups excluding tert-OH is 1. The van der Waals surface area contributed by atoms with E-state index >= 15 is 0 Å². The fourth-order valence-corrected chi connectivity index (χ4v) is 11.8. The number of phosphoric acid groups is 2. The van der Waals surface area contributed by atoms with Crippen LogP contribution in [0, 0.1) is 17.8 Å². The summed E-state index contributed by atoms with van der Waals surface area (Å²) in [6.45, 7) is 11.8. The predicted octanol–water partition coefficient (Wildman–Crippen LogP) is 19.5. The molecule has 8 atom stereocenters. The fourth-order valence-electron chi connectivity index (χ4n) is 10.3. The van der Waals surface area contributed by atoms with E-state index < -0.39 is 97.5 Å². The zero-order valence-corrected chi connectivity index (χ0v) is 59.0. The van der Waals surface area contributed by atoms with Gasteiger partial charge in [-0.25, -0.2) is 9.13 Å². The van der Waals surface area contributed by atoms with Crippen LogP contribution in [-0.2, 0) is 65.4 Å². The van der Waals surface area contributed by atoms with Gasteiger partial charge in [0.1, 0.15) is 19.3 Å². The summed E-state index contributed by atoms with van der Waals surface area (Å²) in [5.74, 6) is 0.211. The highest BCUT2D eigenvalue weighted by molar-refractivity contribution is 7.47. The normalized spacial score (nSPS) is 15.2. The molecule has 0 aliphatic rings. The van der Waals surface area contributed by atoms with Gasteiger partial charge in [0.15, 0.2) is 12.2 Å². The van der Waals surface area contributed by atoms with Crippen molar-refractivity contribution < 1.29 is 80.2 Å². The Hall–Kier alpha value is -1.94. The molecule has 5 unspecified atom stereocenters. The van der Waals surface area contributed by atoms with Crippen LogP contribution in [0.4, 0.5) is 0 Å². The molecule has 0 aromatic heterocycles. The van der Waals surface area contributed by atoms with E-state index in [1.807, 2.05) is 0 Å². The number of phosphoric ester groups is 2. The van der Waals surface area contributed by atoms with Gasteiger partial charge >= 0.3 is 39.5 Å². The van der Waals surface area contributed by atoms with Gasteiger partial charge in [-0.05, 0) is 43.4 Å². The highest BCUT2D eigenvalue weighted by Gasteiger charge is 2.30. The summed E-state index contributed by atoms with van der Waals surface area (Å²) in [6.07, 6.45) is 43.1. The molecule has 0 spiro atoms. The van der Waals surface area contributed by atoms with E-state index in [1.54, 1.807) is 0 Å². The van der Waals surface area contributed by atoms with Crippen molar-refractivity contribution in [3.63, 3.8) is 0 Å². The van der Waals surface area contributed by atoms with Crippen LogP contribution >= 0.6 is 15.6 Å². The van der Waals surface area contributed by atoms with Crippen molar-refractivity contribution >= 4 is 39.5 Å². The topological polar surface area (TPSA) is 237 Å². The Morgan fingerprint density at radius 3 is 0.807 bits per heavy atom. The second kappa shape index (κ2) is 60.0. The third kappa shape index (κ3) is 59.1.